The Morgan fingerprint density at radius 2 is 1.73 bits per heavy atom. The molecular formula is C26H21F5N6O2S2. The van der Waals surface area contributed by atoms with Gasteiger partial charge in [0.1, 0.15) is 16.7 Å². The van der Waals surface area contributed by atoms with Crippen LogP contribution < -0.4 is 21.1 Å². The van der Waals surface area contributed by atoms with Gasteiger partial charge >= 0.3 is 12.2 Å². The highest BCUT2D eigenvalue weighted by Crippen LogP contribution is 2.33. The third-order valence-corrected chi connectivity index (χ3v) is 7.26. The summed E-state index contributed by atoms with van der Waals surface area (Å²) in [7, 11) is -2.92. The number of halogens is 5. The highest BCUT2D eigenvalue weighted by Gasteiger charge is 2.31. The topological polar surface area (TPSA) is 122 Å². The van der Waals surface area contributed by atoms with Crippen LogP contribution in [0.1, 0.15) is 5.56 Å². The first-order valence-corrected chi connectivity index (χ1v) is 14.4. The Labute approximate surface area is 235 Å². The number of carbonyl (C=O) groups is 1. The minimum absolute atomic E-state index is 0.208. The number of aromatic nitrogens is 2. The highest BCUT2D eigenvalue weighted by atomic mass is 32.2. The van der Waals surface area contributed by atoms with Gasteiger partial charge in [-0.25, -0.2) is 27.8 Å². The molecule has 0 aliphatic heterocycles. The zero-order valence-electron chi connectivity index (χ0n) is 21.1. The van der Waals surface area contributed by atoms with E-state index in [2.05, 4.69) is 26.5 Å². The molecule has 15 heteroatoms. The zero-order valence-corrected chi connectivity index (χ0v) is 22.7. The summed E-state index contributed by atoms with van der Waals surface area (Å²) in [5, 5.41) is 13.2. The van der Waals surface area contributed by atoms with Gasteiger partial charge in [0.05, 0.1) is 26.6 Å². The van der Waals surface area contributed by atoms with E-state index in [0.717, 1.165) is 6.07 Å². The van der Waals surface area contributed by atoms with E-state index in [1.165, 1.54) is 30.1 Å². The number of hydrogen-bond acceptors (Lipinski definition) is 6. The van der Waals surface area contributed by atoms with Gasteiger partial charge in [-0.1, -0.05) is 12.1 Å². The number of anilines is 4. The van der Waals surface area contributed by atoms with Crippen LogP contribution in [0.2, 0.25) is 0 Å². The smallest absolute Gasteiger partial charge is 0.324 e. The van der Waals surface area contributed by atoms with E-state index in [0.29, 0.717) is 44.9 Å². The number of nitrogens with one attached hydrogen (secondary N) is 3. The predicted octanol–water partition coefficient (Wildman–Crippen LogP) is 6.50. The van der Waals surface area contributed by atoms with Gasteiger partial charge in [-0.2, -0.15) is 13.2 Å². The van der Waals surface area contributed by atoms with Crippen LogP contribution in [0, 0.1) is 11.6 Å². The van der Waals surface area contributed by atoms with Crippen LogP contribution in [0.4, 0.5) is 49.8 Å². The van der Waals surface area contributed by atoms with Gasteiger partial charge in [-0.15, -0.1) is 11.8 Å². The van der Waals surface area contributed by atoms with Crippen molar-refractivity contribution >= 4 is 56.4 Å². The fourth-order valence-corrected chi connectivity index (χ4v) is 4.76. The quantitative estimate of drug-likeness (QED) is 0.0823. The van der Waals surface area contributed by atoms with E-state index in [1.54, 1.807) is 30.5 Å². The Kier molecular flexibility index (Phi) is 8.51. The second kappa shape index (κ2) is 11.7. The summed E-state index contributed by atoms with van der Waals surface area (Å²) in [6.07, 6.45) is -1.53. The van der Waals surface area contributed by atoms with Gasteiger partial charge in [0.2, 0.25) is 5.95 Å². The molecule has 2 amide bonds. The molecule has 1 unspecified atom stereocenters. The number of urea groups is 1. The molecule has 8 nitrogen and oxygen atoms in total. The number of hydrogen-bond donors (Lipinski definition) is 4. The van der Waals surface area contributed by atoms with Gasteiger partial charge in [0.15, 0.2) is 0 Å². The average Bonchev–Trinajstić information content (AvgIpc) is 2.90. The van der Waals surface area contributed by atoms with Gasteiger partial charge in [-0.05, 0) is 66.2 Å². The van der Waals surface area contributed by atoms with Crippen LogP contribution in [-0.4, -0.2) is 32.3 Å². The predicted molar refractivity (Wildman–Crippen MR) is 151 cm³/mol. The van der Waals surface area contributed by atoms with E-state index >= 15 is 0 Å². The monoisotopic (exact) mass is 608 g/mol. The van der Waals surface area contributed by atoms with Gasteiger partial charge < -0.3 is 16.0 Å². The number of carbonyl (C=O) groups excluding carboxylic acids is 1. The zero-order chi connectivity index (χ0) is 29.9. The lowest BCUT2D eigenvalue weighted by atomic mass is 10.1. The van der Waals surface area contributed by atoms with Crippen molar-refractivity contribution in [1.82, 2.24) is 9.97 Å². The molecule has 0 saturated carbocycles. The summed E-state index contributed by atoms with van der Waals surface area (Å²) in [6, 6.07) is 10.7. The summed E-state index contributed by atoms with van der Waals surface area (Å²) in [5.74, 6) is 1.70. The maximum Gasteiger partial charge on any atom is 0.416 e. The van der Waals surface area contributed by atoms with Crippen LogP contribution in [0.25, 0.3) is 11.1 Å². The van der Waals surface area contributed by atoms with Crippen LogP contribution in [-0.2, 0) is 15.9 Å². The Hall–Kier alpha value is -4.21. The number of nitrogens with two attached hydrogens (primary N) is 1. The van der Waals surface area contributed by atoms with E-state index in [9.17, 15) is 31.0 Å². The third-order valence-electron chi connectivity index (χ3n) is 5.51. The van der Waals surface area contributed by atoms with E-state index in [4.69, 9.17) is 5.14 Å². The summed E-state index contributed by atoms with van der Waals surface area (Å²) in [5.41, 5.74) is -0.819. The number of nitrogens with zero attached hydrogens (tertiary/aromatic N) is 2. The Bertz CT molecular complexity index is 1730. The lowest BCUT2D eigenvalue weighted by Gasteiger charge is -2.13. The second-order valence-corrected chi connectivity index (χ2v) is 11.2. The average molecular weight is 609 g/mol. The molecule has 0 spiro atoms. The molecule has 3 aromatic carbocycles. The van der Waals surface area contributed by atoms with Crippen LogP contribution >= 0.6 is 11.8 Å². The normalized spacial score (nSPS) is 12.9. The first-order chi connectivity index (χ1) is 19.2. The molecule has 1 atom stereocenters. The molecule has 0 aliphatic rings. The molecule has 1 aromatic heterocycles. The molecular weight excluding hydrogens is 587 g/mol. The van der Waals surface area contributed by atoms with E-state index in [1.807, 2.05) is 5.32 Å². The molecule has 214 valence electrons. The fraction of sp³-hybridized carbons (Fsp3) is 0.0769. The molecule has 0 aliphatic carbocycles. The van der Waals surface area contributed by atoms with Gasteiger partial charge in [0, 0.05) is 22.3 Å². The molecule has 0 radical (unpaired) electrons. The van der Waals surface area contributed by atoms with Crippen LogP contribution in [0.5, 0.6) is 0 Å². The van der Waals surface area contributed by atoms with Gasteiger partial charge in [0.25, 0.3) is 0 Å². The Morgan fingerprint density at radius 3 is 2.39 bits per heavy atom. The fourth-order valence-electron chi connectivity index (χ4n) is 3.56. The maximum atomic E-state index is 14.9. The molecule has 4 rings (SSSR count). The second-order valence-electron chi connectivity index (χ2n) is 8.46. The molecule has 0 fully saturated rings. The molecule has 0 saturated heterocycles. The van der Waals surface area contributed by atoms with Crippen molar-refractivity contribution in [1.29, 1.82) is 0 Å². The molecule has 5 N–H and O–H groups in total. The summed E-state index contributed by atoms with van der Waals surface area (Å²) < 4.78 is 79.6. The SMILES string of the molecule is C=S(N)(=O)c1cccc(Nc2ncc(-c3ccc(NC(=O)Nc4cc(C(F)(F)F)ccc4F)c(F)c3)c(SC)n2)c1. The molecule has 0 bridgehead atoms. The molecule has 41 heavy (non-hydrogen) atoms. The van der Waals surface area contributed by atoms with Crippen molar-refractivity contribution in [3.63, 3.8) is 0 Å². The number of alkyl halides is 3. The van der Waals surface area contributed by atoms with E-state index < -0.39 is 44.8 Å². The summed E-state index contributed by atoms with van der Waals surface area (Å²) in [4.78, 5) is 21.3. The van der Waals surface area contributed by atoms with Crippen molar-refractivity contribution < 1.29 is 31.0 Å². The maximum absolute atomic E-state index is 14.9. The summed E-state index contributed by atoms with van der Waals surface area (Å²) in [6.45, 7) is 0. The van der Waals surface area contributed by atoms with Crippen molar-refractivity contribution in [2.75, 3.05) is 22.2 Å². The van der Waals surface area contributed by atoms with E-state index in [-0.39, 0.29) is 11.6 Å². The lowest BCUT2D eigenvalue weighted by molar-refractivity contribution is -0.137. The largest absolute Gasteiger partial charge is 0.416 e. The number of rotatable bonds is 7. The minimum atomic E-state index is -4.75. The lowest BCUT2D eigenvalue weighted by Crippen LogP contribution is -2.21. The highest BCUT2D eigenvalue weighted by molar-refractivity contribution is 7.98. The Morgan fingerprint density at radius 1 is 1.00 bits per heavy atom. The first kappa shape index (κ1) is 29.8. The third kappa shape index (κ3) is 7.31. The summed E-state index contributed by atoms with van der Waals surface area (Å²) >= 11 is 1.26. The standard InChI is InChI=1S/C26H21F5N6O2S2/c1-40-23-18(13-33-24(37-23)34-16-4-3-5-17(12-16)41(2,32)39)14-6-9-21(20(28)10-14)35-25(38)36-22-11-15(26(29,30)31)7-8-19(22)27/h3-13H,2H2,1H3,(H2,32,39)(H,33,34,37)(H2,35,36,38). The van der Waals surface area contributed by atoms with Gasteiger partial charge in [-0.3, -0.25) is 5.14 Å². The Balaban J connectivity index is 1.51. The molecule has 1 heterocycles. The number of thioether (sulfide) groups is 1. The van der Waals surface area contributed by atoms with Crippen molar-refractivity contribution in [2.45, 2.75) is 16.1 Å². The van der Waals surface area contributed by atoms with Crippen molar-refractivity contribution in [3.8, 4) is 11.1 Å². The molecule has 4 aromatic rings. The number of benzene rings is 3. The van der Waals surface area contributed by atoms with Crippen molar-refractivity contribution in [3.05, 3.63) is 84.1 Å². The first-order valence-electron chi connectivity index (χ1n) is 11.4. The van der Waals surface area contributed by atoms with Crippen LogP contribution in [0.3, 0.4) is 0 Å². The van der Waals surface area contributed by atoms with Crippen molar-refractivity contribution in [2.24, 2.45) is 5.14 Å². The van der Waals surface area contributed by atoms with Crippen LogP contribution in [0.15, 0.2) is 76.8 Å². The minimum Gasteiger partial charge on any atom is -0.324 e. The number of amides is 2.